The number of carbonyl (C=O) groups excluding carboxylic acids is 3. The Kier molecular flexibility index (Phi) is 30.7. The van der Waals surface area contributed by atoms with Crippen molar-refractivity contribution in [3.05, 3.63) is 0 Å². The zero-order valence-corrected chi connectivity index (χ0v) is 52.6. The van der Waals surface area contributed by atoms with Gasteiger partial charge < -0.3 is 109 Å². The van der Waals surface area contributed by atoms with Crippen LogP contribution in [0.15, 0.2) is 0 Å². The van der Waals surface area contributed by atoms with Crippen molar-refractivity contribution >= 4 is 33.4 Å². The van der Waals surface area contributed by atoms with Crippen LogP contribution in [0.25, 0.3) is 0 Å². The molecule has 6 aliphatic heterocycles. The zero-order chi connectivity index (χ0) is 64.5. The van der Waals surface area contributed by atoms with Crippen molar-refractivity contribution in [2.45, 2.75) is 227 Å². The van der Waals surface area contributed by atoms with Crippen LogP contribution in [0.3, 0.4) is 0 Å². The smallest absolute Gasteiger partial charge is 0.394 e. The quantitative estimate of drug-likeness (QED) is 0.0258. The molecule has 0 spiro atoms. The van der Waals surface area contributed by atoms with E-state index in [-0.39, 0.29) is 96.4 Å². The normalized spacial score (nSPS) is 36.9. The molecule has 88 heavy (non-hydrogen) atoms. The molecule has 12 N–H and O–H groups in total. The first-order chi connectivity index (χ1) is 41.8. The van der Waals surface area contributed by atoms with Crippen LogP contribution in [0, 0.1) is 17.8 Å². The van der Waals surface area contributed by atoms with Gasteiger partial charge in [-0.05, 0) is 57.8 Å². The van der Waals surface area contributed by atoms with E-state index in [2.05, 4.69) is 0 Å². The maximum absolute atomic E-state index is 13.9. The van der Waals surface area contributed by atoms with Crippen molar-refractivity contribution < 1.29 is 136 Å². The van der Waals surface area contributed by atoms with E-state index >= 15 is 0 Å². The van der Waals surface area contributed by atoms with Crippen LogP contribution in [-0.2, 0) is 74.8 Å². The molecule has 6 saturated heterocycles. The molecule has 6 fully saturated rings. The Labute approximate surface area is 513 Å². The third-order valence-corrected chi connectivity index (χ3v) is 19.5. The Hall–Kier alpha value is -2.05. The van der Waals surface area contributed by atoms with Crippen molar-refractivity contribution in [2.24, 2.45) is 17.8 Å². The number of hydrogen-bond donors (Lipinski definition) is 12. The second-order valence-electron chi connectivity index (χ2n) is 24.1. The van der Waals surface area contributed by atoms with Gasteiger partial charge in [-0.25, -0.2) is 9.13 Å². The SMILES string of the molecule is COCC1C[C@@H](OP(=O)(O)OCC2C[C@@H](OP(=O)(O)OCC3C[C@@H](O)CN3C(=O)CCCCCO[C@@H]3OC(CO)[C@H](O)[C@H](O)C3C)CN2C(=O)CCCCCO[C@@H]2OC(CO)[C@H](O)[C@H](O)C2C)CN1C(=O)CCCCCO[C@@H]1OC(CO)[C@H](O)[C@H](O)C1C. The Morgan fingerprint density at radius 3 is 1.10 bits per heavy atom. The van der Waals surface area contributed by atoms with Gasteiger partial charge in [0.1, 0.15) is 36.6 Å². The summed E-state index contributed by atoms with van der Waals surface area (Å²) in [7, 11) is -8.40. The molecule has 6 heterocycles. The number of β-amino-alcohol motifs (C(OH)–C–C–N with tert-alkyl or cyclic N) is 1. The molecule has 11 unspecified atom stereocenters. The Balaban J connectivity index is 0.980. The summed E-state index contributed by atoms with van der Waals surface area (Å²) in [5.41, 5.74) is 0. The minimum atomic E-state index is -4.94. The molecule has 6 rings (SSSR count). The number of methoxy groups -OCH3 is 1. The number of hydrogen-bond acceptors (Lipinski definition) is 26. The predicted molar refractivity (Wildman–Crippen MR) is 304 cm³/mol. The first-order valence-electron chi connectivity index (χ1n) is 30.9. The van der Waals surface area contributed by atoms with Gasteiger partial charge in [-0.1, -0.05) is 40.0 Å². The van der Waals surface area contributed by atoms with E-state index in [0.29, 0.717) is 57.8 Å². The van der Waals surface area contributed by atoms with Gasteiger partial charge in [-0.3, -0.25) is 32.5 Å². The van der Waals surface area contributed by atoms with Gasteiger partial charge in [-0.2, -0.15) is 0 Å². The third-order valence-electron chi connectivity index (χ3n) is 17.4. The standard InChI is InChI=1S/C55H99N3O28P2/c1-32-47(66)50(69)41(26-59)82-53(32)77-17-11-5-8-14-44(63)56-23-38(62)20-35(56)30-80-87(72,73)86-40-22-37(58(25-40)46(65)16-10-7-13-19-79-55-34(3)49(68)52(71)43(28-61)84-55)31-81-88(74,75)85-39-21-36(29-76-4)57(24-39)45(64)15-9-6-12-18-78-54-33(2)48(67)51(70)42(27-60)83-54/h32-43,47-55,59-62,66-71H,5-31H2,1-4H3,(H,72,73)(H,74,75)/t32?,33?,34?,35?,36?,37?,38-,39-,40-,41?,42?,43?,47-,48-,49-,50+,51+,52+,53-,54-,55-/m1/s1. The highest BCUT2D eigenvalue weighted by molar-refractivity contribution is 7.47. The van der Waals surface area contributed by atoms with Crippen LogP contribution in [-0.4, -0.2) is 290 Å². The molecule has 0 radical (unpaired) electrons. The number of aliphatic hydroxyl groups excluding tert-OH is 10. The Morgan fingerprint density at radius 1 is 0.455 bits per heavy atom. The minimum Gasteiger partial charge on any atom is -0.394 e. The molecule has 31 nitrogen and oxygen atoms in total. The molecule has 0 aromatic carbocycles. The molecule has 0 aromatic rings. The fourth-order valence-corrected chi connectivity index (χ4v) is 14.0. The van der Waals surface area contributed by atoms with E-state index in [0.717, 1.165) is 0 Å². The molecule has 512 valence electrons. The van der Waals surface area contributed by atoms with E-state index in [1.807, 2.05) is 0 Å². The highest BCUT2D eigenvalue weighted by atomic mass is 31.2. The highest BCUT2D eigenvalue weighted by Gasteiger charge is 2.47. The topological polar surface area (TPSA) is 439 Å². The minimum absolute atomic E-state index is 0.0333. The van der Waals surface area contributed by atoms with Gasteiger partial charge >= 0.3 is 15.6 Å². The molecule has 3 amide bonds. The van der Waals surface area contributed by atoms with E-state index in [1.165, 1.54) is 21.8 Å². The molecule has 0 saturated carbocycles. The van der Waals surface area contributed by atoms with Gasteiger partial charge in [0.15, 0.2) is 18.9 Å². The van der Waals surface area contributed by atoms with Crippen molar-refractivity contribution in [1.82, 2.24) is 14.7 Å². The van der Waals surface area contributed by atoms with Gasteiger partial charge in [0, 0.05) is 83.6 Å². The van der Waals surface area contributed by atoms with Crippen LogP contribution < -0.4 is 0 Å². The van der Waals surface area contributed by atoms with Crippen LogP contribution >= 0.6 is 15.6 Å². The Morgan fingerprint density at radius 2 is 0.773 bits per heavy atom. The highest BCUT2D eigenvalue weighted by Crippen LogP contribution is 2.50. The first kappa shape index (κ1) is 75.0. The number of phosphoric acid groups is 2. The monoisotopic (exact) mass is 1310 g/mol. The molecule has 0 aliphatic carbocycles. The molecular formula is C55H99N3O28P2. The average molecular weight is 1310 g/mol. The third kappa shape index (κ3) is 21.5. The zero-order valence-electron chi connectivity index (χ0n) is 50.9. The second kappa shape index (κ2) is 36.0. The summed E-state index contributed by atoms with van der Waals surface area (Å²) in [5.74, 6) is -2.71. The molecule has 6 aliphatic rings. The summed E-state index contributed by atoms with van der Waals surface area (Å²) < 4.78 is 88.9. The van der Waals surface area contributed by atoms with Gasteiger partial charge in [0.25, 0.3) is 0 Å². The summed E-state index contributed by atoms with van der Waals surface area (Å²) in [6.45, 7) is 2.73. The number of ether oxygens (including phenoxy) is 7. The summed E-state index contributed by atoms with van der Waals surface area (Å²) in [4.78, 5) is 67.2. The van der Waals surface area contributed by atoms with Crippen molar-refractivity contribution in [1.29, 1.82) is 0 Å². The number of aliphatic hydroxyl groups is 10. The van der Waals surface area contributed by atoms with Crippen molar-refractivity contribution in [2.75, 3.05) is 86.2 Å². The fraction of sp³-hybridized carbons (Fsp3) is 0.945. The summed E-state index contributed by atoms with van der Waals surface area (Å²) in [6, 6.07) is -2.27. The molecule has 33 heteroatoms. The lowest BCUT2D eigenvalue weighted by atomic mass is 9.92. The van der Waals surface area contributed by atoms with Gasteiger partial charge in [0.2, 0.25) is 17.7 Å². The maximum atomic E-state index is 13.9. The van der Waals surface area contributed by atoms with Crippen molar-refractivity contribution in [3.8, 4) is 0 Å². The van der Waals surface area contributed by atoms with E-state index in [9.17, 15) is 84.4 Å². The van der Waals surface area contributed by atoms with Gasteiger partial charge in [0.05, 0.1) is 94.4 Å². The van der Waals surface area contributed by atoms with E-state index in [1.54, 1.807) is 20.8 Å². The number of carbonyl (C=O) groups is 3. The predicted octanol–water partition coefficient (Wildman–Crippen LogP) is -1.24. The number of phosphoric ester groups is 2. The maximum Gasteiger partial charge on any atom is 0.472 e. The van der Waals surface area contributed by atoms with Crippen LogP contribution in [0.2, 0.25) is 0 Å². The van der Waals surface area contributed by atoms with E-state index in [4.69, 9.17) is 51.3 Å². The molecular weight excluding hydrogens is 1210 g/mol. The Bertz CT molecular complexity index is 2210. The number of rotatable bonds is 36. The second-order valence-corrected chi connectivity index (χ2v) is 27.0. The van der Waals surface area contributed by atoms with Crippen molar-refractivity contribution in [3.63, 3.8) is 0 Å². The van der Waals surface area contributed by atoms with E-state index < -0.39 is 183 Å². The number of unbranched alkanes of at least 4 members (excludes halogenated alkanes) is 6. The molecule has 0 aromatic heterocycles. The molecule has 23 atom stereocenters. The summed E-state index contributed by atoms with van der Waals surface area (Å²) >= 11 is 0. The lowest BCUT2D eigenvalue weighted by Crippen LogP contribution is -2.55. The number of amides is 3. The summed E-state index contributed by atoms with van der Waals surface area (Å²) in [5, 5.41) is 100. The lowest BCUT2D eigenvalue weighted by Gasteiger charge is -2.40. The summed E-state index contributed by atoms with van der Waals surface area (Å²) in [6.07, 6.45) is -11.4. The van der Waals surface area contributed by atoms with Crippen LogP contribution in [0.4, 0.5) is 0 Å². The fourth-order valence-electron chi connectivity index (χ4n) is 12.1. The molecule has 0 bridgehead atoms. The largest absolute Gasteiger partial charge is 0.472 e. The van der Waals surface area contributed by atoms with Crippen LogP contribution in [0.1, 0.15) is 117 Å². The van der Waals surface area contributed by atoms with Gasteiger partial charge in [-0.15, -0.1) is 0 Å². The first-order valence-corrected chi connectivity index (χ1v) is 33.9. The average Bonchev–Trinajstić information content (AvgIpc) is 1.60. The number of nitrogens with zero attached hydrogens (tertiary/aromatic N) is 3. The lowest BCUT2D eigenvalue weighted by molar-refractivity contribution is -0.282. The van der Waals surface area contributed by atoms with Crippen LogP contribution in [0.5, 0.6) is 0 Å². The number of likely N-dealkylation sites (tertiary alicyclic amines) is 3.